The van der Waals surface area contributed by atoms with Crippen molar-refractivity contribution in [2.75, 3.05) is 0 Å². The lowest BCUT2D eigenvalue weighted by molar-refractivity contribution is 0.628. The predicted molar refractivity (Wildman–Crippen MR) is 95.1 cm³/mol. The minimum Gasteiger partial charge on any atom is -0.207 e. The quantitative estimate of drug-likeness (QED) is 0.591. The molecule has 0 fully saturated rings. The largest absolute Gasteiger partial charge is 0.207 e. The van der Waals surface area contributed by atoms with E-state index in [2.05, 4.69) is 0 Å². The van der Waals surface area contributed by atoms with E-state index < -0.39 is 7.92 Å². The van der Waals surface area contributed by atoms with Gasteiger partial charge in [-0.15, -0.1) is 0 Å². The molecule has 0 spiro atoms. The third-order valence-electron chi connectivity index (χ3n) is 3.25. The molecule has 0 atom stereocenters. The average Bonchev–Trinajstić information content (AvgIpc) is 2.53. The molecule has 110 valence electrons. The van der Waals surface area contributed by atoms with Crippen LogP contribution in [0.1, 0.15) is 0 Å². The van der Waals surface area contributed by atoms with E-state index in [-0.39, 0.29) is 5.82 Å². The monoisotopic (exact) mass is 348 g/mol. The van der Waals surface area contributed by atoms with E-state index in [1.54, 1.807) is 0 Å². The fourth-order valence-electron chi connectivity index (χ4n) is 2.22. The Morgan fingerprint density at radius 1 is 0.545 bits per heavy atom. The normalized spacial score (nSPS) is 10.9. The van der Waals surface area contributed by atoms with Crippen molar-refractivity contribution in [1.82, 2.24) is 0 Å². The third kappa shape index (κ3) is 3.50. The topological polar surface area (TPSA) is 0 Å². The summed E-state index contributed by atoms with van der Waals surface area (Å²) >= 11 is 12.0. The molecule has 0 saturated heterocycles. The Labute approximate surface area is 140 Å². The fourth-order valence-corrected chi connectivity index (χ4v) is 4.71. The van der Waals surface area contributed by atoms with Gasteiger partial charge in [0, 0.05) is 10.0 Å². The first-order valence-corrected chi connectivity index (χ1v) is 8.80. The smallest absolute Gasteiger partial charge is 0.123 e. The van der Waals surface area contributed by atoms with Gasteiger partial charge >= 0.3 is 0 Å². The van der Waals surface area contributed by atoms with E-state index in [0.717, 1.165) is 15.9 Å². The third-order valence-corrected chi connectivity index (χ3v) is 6.20. The van der Waals surface area contributed by atoms with Crippen molar-refractivity contribution in [3.63, 3.8) is 0 Å². The molecule has 3 aromatic rings. The molecule has 0 radical (unpaired) electrons. The van der Waals surface area contributed by atoms with Gasteiger partial charge in [0.05, 0.1) is 0 Å². The standard InChI is InChI=1S/C18H12Cl2FP/c19-13-1-7-16(8-2-13)22(17-9-3-14(20)4-10-17)18-11-5-15(21)6-12-18/h1-12H. The first-order chi connectivity index (χ1) is 10.6. The Morgan fingerprint density at radius 3 is 1.23 bits per heavy atom. The van der Waals surface area contributed by atoms with E-state index >= 15 is 0 Å². The van der Waals surface area contributed by atoms with Crippen LogP contribution in [0, 0.1) is 5.82 Å². The fraction of sp³-hybridized carbons (Fsp3) is 0. The van der Waals surface area contributed by atoms with E-state index in [0.29, 0.717) is 10.0 Å². The Kier molecular flexibility index (Phi) is 4.78. The Balaban J connectivity index is 2.10. The van der Waals surface area contributed by atoms with Crippen molar-refractivity contribution in [1.29, 1.82) is 0 Å². The average molecular weight is 349 g/mol. The number of hydrogen-bond donors (Lipinski definition) is 0. The van der Waals surface area contributed by atoms with Gasteiger partial charge in [0.2, 0.25) is 0 Å². The van der Waals surface area contributed by atoms with Crippen LogP contribution < -0.4 is 15.9 Å². The maximum absolute atomic E-state index is 13.2. The number of halogens is 3. The zero-order valence-corrected chi connectivity index (χ0v) is 13.9. The van der Waals surface area contributed by atoms with Crippen LogP contribution in [0.25, 0.3) is 0 Å². The minimum atomic E-state index is -0.767. The Morgan fingerprint density at radius 2 is 0.864 bits per heavy atom. The summed E-state index contributed by atoms with van der Waals surface area (Å²) in [6.45, 7) is 0. The van der Waals surface area contributed by atoms with Crippen molar-refractivity contribution in [3.05, 3.63) is 88.7 Å². The van der Waals surface area contributed by atoms with E-state index in [9.17, 15) is 4.39 Å². The highest BCUT2D eigenvalue weighted by atomic mass is 35.5. The van der Waals surface area contributed by atoms with Gasteiger partial charge in [-0.25, -0.2) is 4.39 Å². The molecule has 0 nitrogen and oxygen atoms in total. The Hall–Kier alpha value is -1.40. The molecule has 3 rings (SSSR count). The molecule has 0 bridgehead atoms. The molecule has 0 amide bonds. The van der Waals surface area contributed by atoms with Crippen LogP contribution in [0.15, 0.2) is 72.8 Å². The zero-order valence-electron chi connectivity index (χ0n) is 11.5. The molecule has 0 heterocycles. The summed E-state index contributed by atoms with van der Waals surface area (Å²) in [5.74, 6) is -0.231. The van der Waals surface area contributed by atoms with Crippen LogP contribution in [0.3, 0.4) is 0 Å². The van der Waals surface area contributed by atoms with Gasteiger partial charge in [-0.3, -0.25) is 0 Å². The van der Waals surface area contributed by atoms with Crippen LogP contribution in [0.5, 0.6) is 0 Å². The molecule has 0 saturated carbocycles. The predicted octanol–water partition coefficient (Wildman–Crippen LogP) is 4.89. The van der Waals surface area contributed by atoms with Crippen LogP contribution in [0.2, 0.25) is 10.0 Å². The molecule has 0 aromatic heterocycles. The minimum absolute atomic E-state index is 0.231. The summed E-state index contributed by atoms with van der Waals surface area (Å²) in [6.07, 6.45) is 0. The van der Waals surface area contributed by atoms with Gasteiger partial charge in [0.25, 0.3) is 0 Å². The lowest BCUT2D eigenvalue weighted by Crippen LogP contribution is -2.20. The van der Waals surface area contributed by atoms with Crippen LogP contribution in [0.4, 0.5) is 4.39 Å². The molecule has 0 unspecified atom stereocenters. The molecule has 22 heavy (non-hydrogen) atoms. The van der Waals surface area contributed by atoms with Gasteiger partial charge < -0.3 is 0 Å². The van der Waals surface area contributed by atoms with Crippen molar-refractivity contribution in [2.45, 2.75) is 0 Å². The summed E-state index contributed by atoms with van der Waals surface area (Å²) in [7, 11) is -0.767. The summed E-state index contributed by atoms with van der Waals surface area (Å²) in [5.41, 5.74) is 0. The SMILES string of the molecule is Fc1ccc(P(c2ccc(Cl)cc2)c2ccc(Cl)cc2)cc1. The molecule has 0 aliphatic heterocycles. The van der Waals surface area contributed by atoms with Crippen molar-refractivity contribution < 1.29 is 4.39 Å². The van der Waals surface area contributed by atoms with Gasteiger partial charge in [0.1, 0.15) is 5.82 Å². The molecular weight excluding hydrogens is 337 g/mol. The second-order valence-electron chi connectivity index (χ2n) is 4.76. The number of benzene rings is 3. The van der Waals surface area contributed by atoms with Crippen LogP contribution >= 0.6 is 31.1 Å². The number of hydrogen-bond acceptors (Lipinski definition) is 0. The van der Waals surface area contributed by atoms with Crippen molar-refractivity contribution in [2.24, 2.45) is 0 Å². The first kappa shape index (κ1) is 15.5. The van der Waals surface area contributed by atoms with E-state index in [1.165, 1.54) is 12.1 Å². The highest BCUT2D eigenvalue weighted by molar-refractivity contribution is 7.79. The zero-order chi connectivity index (χ0) is 15.5. The summed E-state index contributed by atoms with van der Waals surface area (Å²) in [6, 6.07) is 22.3. The molecule has 0 aliphatic rings. The maximum atomic E-state index is 13.2. The van der Waals surface area contributed by atoms with E-state index in [1.807, 2.05) is 60.7 Å². The highest BCUT2D eigenvalue weighted by Crippen LogP contribution is 2.33. The molecule has 3 aromatic carbocycles. The number of rotatable bonds is 3. The first-order valence-electron chi connectivity index (χ1n) is 6.70. The molecule has 0 N–H and O–H groups in total. The van der Waals surface area contributed by atoms with Crippen LogP contribution in [-0.4, -0.2) is 0 Å². The van der Waals surface area contributed by atoms with Gasteiger partial charge in [0.15, 0.2) is 0 Å². The van der Waals surface area contributed by atoms with Crippen LogP contribution in [-0.2, 0) is 0 Å². The summed E-state index contributed by atoms with van der Waals surface area (Å²) in [5, 5.41) is 4.81. The van der Waals surface area contributed by atoms with Gasteiger partial charge in [-0.1, -0.05) is 59.6 Å². The lowest BCUT2D eigenvalue weighted by Gasteiger charge is -2.19. The van der Waals surface area contributed by atoms with Crippen molar-refractivity contribution >= 4 is 47.0 Å². The summed E-state index contributed by atoms with van der Waals surface area (Å²) < 4.78 is 13.2. The van der Waals surface area contributed by atoms with Gasteiger partial charge in [-0.05, 0) is 60.2 Å². The summed E-state index contributed by atoms with van der Waals surface area (Å²) in [4.78, 5) is 0. The molecule has 4 heteroatoms. The molecule has 0 aliphatic carbocycles. The second-order valence-corrected chi connectivity index (χ2v) is 7.86. The van der Waals surface area contributed by atoms with Crippen molar-refractivity contribution in [3.8, 4) is 0 Å². The van der Waals surface area contributed by atoms with Gasteiger partial charge in [-0.2, -0.15) is 0 Å². The second kappa shape index (κ2) is 6.79. The van der Waals surface area contributed by atoms with E-state index in [4.69, 9.17) is 23.2 Å². The maximum Gasteiger partial charge on any atom is 0.123 e. The molecular formula is C18H12Cl2FP. The highest BCUT2D eigenvalue weighted by Gasteiger charge is 2.16. The Bertz CT molecular complexity index is 644. The lowest BCUT2D eigenvalue weighted by atomic mass is 10.3.